The Kier molecular flexibility index (Phi) is 5.30. The van der Waals surface area contributed by atoms with Crippen molar-refractivity contribution in [2.75, 3.05) is 18.0 Å². The van der Waals surface area contributed by atoms with Gasteiger partial charge in [-0.15, -0.1) is 0 Å². The van der Waals surface area contributed by atoms with Crippen LogP contribution in [0.25, 0.3) is 0 Å². The van der Waals surface area contributed by atoms with Crippen LogP contribution in [-0.2, 0) is 11.2 Å². The van der Waals surface area contributed by atoms with Gasteiger partial charge in [-0.2, -0.15) is 0 Å². The van der Waals surface area contributed by atoms with E-state index in [4.69, 9.17) is 11.6 Å². The summed E-state index contributed by atoms with van der Waals surface area (Å²) >= 11 is 5.75. The van der Waals surface area contributed by atoms with Crippen LogP contribution in [0, 0.1) is 5.82 Å². The summed E-state index contributed by atoms with van der Waals surface area (Å²) in [7, 11) is 0. The number of carbonyl (C=O) groups excluding carboxylic acids is 1. The van der Waals surface area contributed by atoms with Crippen molar-refractivity contribution >= 4 is 23.3 Å². The molecule has 1 amide bonds. The van der Waals surface area contributed by atoms with Crippen molar-refractivity contribution in [3.63, 3.8) is 0 Å². The first-order valence-electron chi connectivity index (χ1n) is 8.01. The summed E-state index contributed by atoms with van der Waals surface area (Å²) in [4.78, 5) is 18.6. The third-order valence-corrected chi connectivity index (χ3v) is 4.44. The van der Waals surface area contributed by atoms with Crippen LogP contribution in [0.2, 0.25) is 5.02 Å². The van der Waals surface area contributed by atoms with Crippen molar-refractivity contribution in [2.45, 2.75) is 25.3 Å². The molecule has 24 heavy (non-hydrogen) atoms. The molecule has 1 fully saturated rings. The Balaban J connectivity index is 1.46. The van der Waals surface area contributed by atoms with Crippen LogP contribution in [0.1, 0.15) is 18.4 Å². The van der Waals surface area contributed by atoms with Gasteiger partial charge in [0.2, 0.25) is 5.91 Å². The molecule has 0 aliphatic carbocycles. The number of halogens is 2. The Morgan fingerprint density at radius 2 is 2.25 bits per heavy atom. The van der Waals surface area contributed by atoms with Gasteiger partial charge in [0, 0.05) is 31.7 Å². The van der Waals surface area contributed by atoms with Gasteiger partial charge < -0.3 is 10.2 Å². The fraction of sp³-hybridized carbons (Fsp3) is 0.333. The first-order valence-corrected chi connectivity index (χ1v) is 8.39. The second kappa shape index (κ2) is 7.62. The number of hydrogen-bond acceptors (Lipinski definition) is 3. The zero-order valence-corrected chi connectivity index (χ0v) is 14.0. The molecule has 0 saturated carbocycles. The highest BCUT2D eigenvalue weighted by atomic mass is 35.5. The number of benzene rings is 1. The molecule has 2 aromatic rings. The average Bonchev–Trinajstić information content (AvgIpc) is 3.05. The predicted octanol–water partition coefficient (Wildman–Crippen LogP) is 3.20. The minimum Gasteiger partial charge on any atom is -0.354 e. The summed E-state index contributed by atoms with van der Waals surface area (Å²) in [5.41, 5.74) is 0.859. The van der Waals surface area contributed by atoms with E-state index in [1.807, 2.05) is 18.2 Å². The van der Waals surface area contributed by atoms with E-state index in [-0.39, 0.29) is 17.0 Å². The molecule has 0 unspecified atom stereocenters. The molecule has 4 nitrogen and oxygen atoms in total. The van der Waals surface area contributed by atoms with Gasteiger partial charge in [0.1, 0.15) is 11.6 Å². The van der Waals surface area contributed by atoms with E-state index in [1.165, 1.54) is 6.07 Å². The van der Waals surface area contributed by atoms with Crippen molar-refractivity contribution in [3.05, 3.63) is 59.0 Å². The molecule has 1 N–H and O–H groups in total. The van der Waals surface area contributed by atoms with Crippen LogP contribution in [0.15, 0.2) is 42.6 Å². The quantitative estimate of drug-likeness (QED) is 0.903. The van der Waals surface area contributed by atoms with E-state index in [1.54, 1.807) is 18.3 Å². The normalized spacial score (nSPS) is 17.1. The van der Waals surface area contributed by atoms with E-state index in [0.29, 0.717) is 12.8 Å². The van der Waals surface area contributed by atoms with Crippen LogP contribution < -0.4 is 10.2 Å². The van der Waals surface area contributed by atoms with E-state index >= 15 is 0 Å². The number of nitrogens with one attached hydrogen (secondary N) is 1. The molecular weight excluding hydrogens is 329 g/mol. The molecule has 2 heterocycles. The van der Waals surface area contributed by atoms with Gasteiger partial charge in [0.25, 0.3) is 0 Å². The Hall–Kier alpha value is -2.14. The lowest BCUT2D eigenvalue weighted by Gasteiger charge is -2.17. The summed E-state index contributed by atoms with van der Waals surface area (Å²) < 4.78 is 13.1. The Labute approximate surface area is 145 Å². The number of nitrogens with zero attached hydrogens (tertiary/aromatic N) is 2. The lowest BCUT2D eigenvalue weighted by molar-refractivity contribution is -0.121. The molecule has 1 saturated heterocycles. The van der Waals surface area contributed by atoms with Crippen LogP contribution in [0.3, 0.4) is 0 Å². The van der Waals surface area contributed by atoms with Crippen molar-refractivity contribution in [1.82, 2.24) is 10.3 Å². The number of carbonyl (C=O) groups is 1. The number of aromatic nitrogens is 1. The Morgan fingerprint density at radius 3 is 3.00 bits per heavy atom. The fourth-order valence-corrected chi connectivity index (χ4v) is 3.08. The number of rotatable bonds is 5. The summed E-state index contributed by atoms with van der Waals surface area (Å²) in [6.07, 6.45) is 3.59. The van der Waals surface area contributed by atoms with E-state index in [0.717, 1.165) is 30.9 Å². The lowest BCUT2D eigenvalue weighted by atomic mass is 10.1. The smallest absolute Gasteiger partial charge is 0.220 e. The molecule has 1 aliphatic rings. The van der Waals surface area contributed by atoms with Gasteiger partial charge >= 0.3 is 0 Å². The maximum atomic E-state index is 13.1. The van der Waals surface area contributed by atoms with Crippen molar-refractivity contribution < 1.29 is 9.18 Å². The topological polar surface area (TPSA) is 45.2 Å². The third kappa shape index (κ3) is 4.23. The molecule has 0 spiro atoms. The highest BCUT2D eigenvalue weighted by molar-refractivity contribution is 6.30. The second-order valence-electron chi connectivity index (χ2n) is 5.94. The number of amides is 1. The molecule has 1 atom stereocenters. The molecular formula is C18H19ClFN3O. The molecule has 0 bridgehead atoms. The van der Waals surface area contributed by atoms with Gasteiger partial charge in [-0.05, 0) is 42.7 Å². The minimum atomic E-state index is -0.439. The van der Waals surface area contributed by atoms with Gasteiger partial charge in [-0.1, -0.05) is 23.7 Å². The zero-order chi connectivity index (χ0) is 16.9. The van der Waals surface area contributed by atoms with E-state index in [2.05, 4.69) is 15.2 Å². The average molecular weight is 348 g/mol. The minimum absolute atomic E-state index is 0.00307. The highest BCUT2D eigenvalue weighted by Gasteiger charge is 2.24. The standard InChI is InChI=1S/C18H19ClFN3O/c19-15-11-13(4-6-16(15)20)5-7-18(24)22-14-8-10-23(12-14)17-3-1-2-9-21-17/h1-4,6,9,11,14H,5,7-8,10,12H2,(H,22,24)/t14-/m0/s1. The SMILES string of the molecule is O=C(CCc1ccc(F)c(Cl)c1)N[C@H]1CCN(c2ccccn2)C1. The Morgan fingerprint density at radius 1 is 1.38 bits per heavy atom. The molecule has 1 aromatic carbocycles. The summed E-state index contributed by atoms with van der Waals surface area (Å²) in [5, 5.41) is 3.15. The molecule has 1 aliphatic heterocycles. The summed E-state index contributed by atoms with van der Waals surface area (Å²) in [6, 6.07) is 10.5. The van der Waals surface area contributed by atoms with Crippen LogP contribution in [-0.4, -0.2) is 30.0 Å². The van der Waals surface area contributed by atoms with Crippen LogP contribution >= 0.6 is 11.6 Å². The van der Waals surface area contributed by atoms with Crippen molar-refractivity contribution in [3.8, 4) is 0 Å². The molecule has 3 rings (SSSR count). The van der Waals surface area contributed by atoms with Gasteiger partial charge in [-0.3, -0.25) is 4.79 Å². The highest BCUT2D eigenvalue weighted by Crippen LogP contribution is 2.18. The predicted molar refractivity (Wildman–Crippen MR) is 92.7 cm³/mol. The maximum Gasteiger partial charge on any atom is 0.220 e. The van der Waals surface area contributed by atoms with Crippen molar-refractivity contribution in [1.29, 1.82) is 0 Å². The summed E-state index contributed by atoms with van der Waals surface area (Å²) in [6.45, 7) is 1.65. The van der Waals surface area contributed by atoms with Gasteiger partial charge in [-0.25, -0.2) is 9.37 Å². The number of anilines is 1. The van der Waals surface area contributed by atoms with Crippen molar-refractivity contribution in [2.24, 2.45) is 0 Å². The van der Waals surface area contributed by atoms with E-state index < -0.39 is 5.82 Å². The van der Waals surface area contributed by atoms with E-state index in [9.17, 15) is 9.18 Å². The zero-order valence-electron chi connectivity index (χ0n) is 13.2. The first kappa shape index (κ1) is 16.7. The largest absolute Gasteiger partial charge is 0.354 e. The number of pyridine rings is 1. The lowest BCUT2D eigenvalue weighted by Crippen LogP contribution is -2.37. The number of aryl methyl sites for hydroxylation is 1. The first-order chi connectivity index (χ1) is 11.6. The van der Waals surface area contributed by atoms with Gasteiger partial charge in [0.15, 0.2) is 0 Å². The second-order valence-corrected chi connectivity index (χ2v) is 6.34. The monoisotopic (exact) mass is 347 g/mol. The van der Waals surface area contributed by atoms with Crippen LogP contribution in [0.5, 0.6) is 0 Å². The van der Waals surface area contributed by atoms with Gasteiger partial charge in [0.05, 0.1) is 5.02 Å². The molecule has 1 aromatic heterocycles. The number of hydrogen-bond donors (Lipinski definition) is 1. The maximum absolute atomic E-state index is 13.1. The fourth-order valence-electron chi connectivity index (χ4n) is 2.88. The Bertz CT molecular complexity index is 711. The molecule has 6 heteroatoms. The van der Waals surface area contributed by atoms with Crippen LogP contribution in [0.4, 0.5) is 10.2 Å². The third-order valence-electron chi connectivity index (χ3n) is 4.15. The molecule has 126 valence electrons. The molecule has 0 radical (unpaired) electrons. The summed E-state index contributed by atoms with van der Waals surface area (Å²) in [5.74, 6) is 0.504.